The van der Waals surface area contributed by atoms with Gasteiger partial charge >= 0.3 is 0 Å². The van der Waals surface area contributed by atoms with Crippen molar-refractivity contribution in [1.82, 2.24) is 10.1 Å². The monoisotopic (exact) mass is 281 g/mol. The lowest BCUT2D eigenvalue weighted by Gasteiger charge is -1.99. The first-order valence-corrected chi connectivity index (χ1v) is 7.29. The van der Waals surface area contributed by atoms with E-state index in [1.165, 1.54) is 17.1 Å². The summed E-state index contributed by atoms with van der Waals surface area (Å²) in [5, 5.41) is 14.8. The lowest BCUT2D eigenvalue weighted by atomic mass is 10.1. The molecule has 1 aromatic heterocycles. The first-order chi connectivity index (χ1) is 9.86. The molecule has 0 spiro atoms. The smallest absolute Gasteiger partial charge is 0.236 e. The number of aromatic nitrogens is 2. The number of hydrogen-bond donors (Lipinski definition) is 0. The third-order valence-corrected chi connectivity index (χ3v) is 3.65. The van der Waals surface area contributed by atoms with Crippen LogP contribution >= 0.6 is 11.8 Å². The predicted molar refractivity (Wildman–Crippen MR) is 79.0 cm³/mol. The fourth-order valence-electron chi connectivity index (χ4n) is 1.94. The van der Waals surface area contributed by atoms with Gasteiger partial charge in [0.05, 0.1) is 17.6 Å². The zero-order valence-corrected chi connectivity index (χ0v) is 11.4. The van der Waals surface area contributed by atoms with Gasteiger partial charge in [-0.25, -0.2) is 0 Å². The molecule has 0 amide bonds. The molecule has 98 valence electrons. The normalized spacial score (nSPS) is 10.6. The van der Waals surface area contributed by atoms with E-state index in [0.717, 1.165) is 10.9 Å². The average molecular weight is 281 g/mol. The number of hydrogen-bond acceptors (Lipinski definition) is 5. The quantitative estimate of drug-likeness (QED) is 0.683. The summed E-state index contributed by atoms with van der Waals surface area (Å²) in [6, 6.07) is 16.3. The van der Waals surface area contributed by atoms with Crippen molar-refractivity contribution in [1.29, 1.82) is 5.26 Å². The second-order valence-electron chi connectivity index (χ2n) is 4.22. The van der Waals surface area contributed by atoms with Gasteiger partial charge in [-0.3, -0.25) is 0 Å². The molecule has 0 saturated carbocycles. The molecule has 5 heteroatoms. The van der Waals surface area contributed by atoms with Gasteiger partial charge in [0.1, 0.15) is 0 Å². The molecule has 0 aliphatic heterocycles. The molecular formula is C15H11N3OS. The van der Waals surface area contributed by atoms with E-state index in [1.54, 1.807) is 0 Å². The van der Waals surface area contributed by atoms with Crippen LogP contribution in [0.3, 0.4) is 0 Å². The van der Waals surface area contributed by atoms with Crippen LogP contribution < -0.4 is 0 Å². The van der Waals surface area contributed by atoms with Gasteiger partial charge in [-0.2, -0.15) is 10.2 Å². The fraction of sp³-hybridized carbons (Fsp3) is 0.133. The summed E-state index contributed by atoms with van der Waals surface area (Å²) in [6.07, 6.45) is 0. The van der Waals surface area contributed by atoms with Crippen molar-refractivity contribution in [3.63, 3.8) is 0 Å². The summed E-state index contributed by atoms with van der Waals surface area (Å²) in [7, 11) is 0. The van der Waals surface area contributed by atoms with E-state index in [0.29, 0.717) is 23.2 Å². The molecule has 0 N–H and O–H groups in total. The molecule has 0 unspecified atom stereocenters. The summed E-state index contributed by atoms with van der Waals surface area (Å²) in [4.78, 5) is 4.35. The molecule has 3 aromatic rings. The Morgan fingerprint density at radius 3 is 2.85 bits per heavy atom. The van der Waals surface area contributed by atoms with Gasteiger partial charge in [0.25, 0.3) is 0 Å². The third kappa shape index (κ3) is 2.65. The van der Waals surface area contributed by atoms with Crippen molar-refractivity contribution in [2.45, 2.75) is 5.75 Å². The zero-order valence-electron chi connectivity index (χ0n) is 10.6. The number of rotatable bonds is 4. The maximum Gasteiger partial charge on any atom is 0.236 e. The van der Waals surface area contributed by atoms with Gasteiger partial charge in [0.2, 0.25) is 11.7 Å². The van der Waals surface area contributed by atoms with Gasteiger partial charge in [-0.15, -0.1) is 11.8 Å². The van der Waals surface area contributed by atoms with Crippen LogP contribution in [0, 0.1) is 11.3 Å². The number of nitrogens with zero attached hydrogens (tertiary/aromatic N) is 3. The van der Waals surface area contributed by atoms with Crippen LogP contribution in [0.25, 0.3) is 22.2 Å². The van der Waals surface area contributed by atoms with Crippen LogP contribution in [0.2, 0.25) is 0 Å². The van der Waals surface area contributed by atoms with Gasteiger partial charge < -0.3 is 4.52 Å². The van der Waals surface area contributed by atoms with Crippen LogP contribution in [0.5, 0.6) is 0 Å². The van der Waals surface area contributed by atoms with Crippen LogP contribution in [0.15, 0.2) is 47.0 Å². The maximum atomic E-state index is 8.49. The average Bonchev–Trinajstić information content (AvgIpc) is 2.96. The Morgan fingerprint density at radius 1 is 1.15 bits per heavy atom. The van der Waals surface area contributed by atoms with Crippen molar-refractivity contribution in [2.75, 3.05) is 5.75 Å². The van der Waals surface area contributed by atoms with E-state index in [1.807, 2.05) is 30.3 Å². The highest BCUT2D eigenvalue weighted by molar-refractivity contribution is 7.98. The molecule has 0 aliphatic carbocycles. The van der Waals surface area contributed by atoms with Crippen LogP contribution in [-0.2, 0) is 5.75 Å². The molecular weight excluding hydrogens is 270 g/mol. The first-order valence-electron chi connectivity index (χ1n) is 6.13. The highest BCUT2D eigenvalue weighted by Crippen LogP contribution is 2.23. The lowest BCUT2D eigenvalue weighted by molar-refractivity contribution is 0.392. The van der Waals surface area contributed by atoms with Crippen LogP contribution in [0.1, 0.15) is 5.89 Å². The minimum Gasteiger partial charge on any atom is -0.338 e. The molecule has 0 bridgehead atoms. The molecule has 20 heavy (non-hydrogen) atoms. The molecule has 0 atom stereocenters. The Balaban J connectivity index is 1.85. The minimum absolute atomic E-state index is 0.424. The number of benzene rings is 2. The molecule has 2 aromatic carbocycles. The Hall–Kier alpha value is -2.32. The van der Waals surface area contributed by atoms with Gasteiger partial charge in [-0.05, 0) is 16.8 Å². The third-order valence-electron chi connectivity index (χ3n) is 2.87. The van der Waals surface area contributed by atoms with Crippen LogP contribution in [0.4, 0.5) is 0 Å². The summed E-state index contributed by atoms with van der Waals surface area (Å²) in [6.45, 7) is 0. The van der Waals surface area contributed by atoms with Gasteiger partial charge in [0, 0.05) is 5.56 Å². The number of fused-ring (bicyclic) bond motifs is 1. The van der Waals surface area contributed by atoms with E-state index < -0.39 is 0 Å². The second kappa shape index (κ2) is 5.76. The highest BCUT2D eigenvalue weighted by atomic mass is 32.2. The Bertz CT molecular complexity index is 776. The number of thioether (sulfide) groups is 1. The summed E-state index contributed by atoms with van der Waals surface area (Å²) in [5.41, 5.74) is 0.934. The van der Waals surface area contributed by atoms with E-state index >= 15 is 0 Å². The second-order valence-corrected chi connectivity index (χ2v) is 5.21. The topological polar surface area (TPSA) is 62.7 Å². The Labute approximate surface area is 120 Å². The van der Waals surface area contributed by atoms with E-state index in [4.69, 9.17) is 9.78 Å². The van der Waals surface area contributed by atoms with E-state index in [-0.39, 0.29) is 0 Å². The highest BCUT2D eigenvalue weighted by Gasteiger charge is 2.09. The van der Waals surface area contributed by atoms with E-state index in [2.05, 4.69) is 28.3 Å². The summed E-state index contributed by atoms with van der Waals surface area (Å²) in [5.74, 6) is 2.12. The number of nitriles is 1. The van der Waals surface area contributed by atoms with Crippen molar-refractivity contribution < 1.29 is 4.52 Å². The van der Waals surface area contributed by atoms with Gasteiger partial charge in [-0.1, -0.05) is 41.6 Å². The molecule has 0 fully saturated rings. The molecule has 0 radical (unpaired) electrons. The minimum atomic E-state index is 0.424. The largest absolute Gasteiger partial charge is 0.338 e. The first kappa shape index (κ1) is 12.7. The Morgan fingerprint density at radius 2 is 2.00 bits per heavy atom. The van der Waals surface area contributed by atoms with Crippen molar-refractivity contribution >= 4 is 22.5 Å². The molecule has 0 aliphatic rings. The molecule has 0 saturated heterocycles. The molecule has 3 rings (SSSR count). The maximum absolute atomic E-state index is 8.49. The molecule has 4 nitrogen and oxygen atoms in total. The lowest BCUT2D eigenvalue weighted by Crippen LogP contribution is -1.84. The zero-order chi connectivity index (χ0) is 13.8. The Kier molecular flexibility index (Phi) is 3.66. The SMILES string of the molecule is N#CCSCc1nc(-c2ccc3ccccc3c2)no1. The fourth-order valence-corrected chi connectivity index (χ4v) is 2.43. The summed E-state index contributed by atoms with van der Waals surface area (Å²) < 4.78 is 5.19. The summed E-state index contributed by atoms with van der Waals surface area (Å²) >= 11 is 1.46. The van der Waals surface area contributed by atoms with Crippen molar-refractivity contribution in [3.05, 3.63) is 48.4 Å². The van der Waals surface area contributed by atoms with Crippen molar-refractivity contribution in [2.24, 2.45) is 0 Å². The van der Waals surface area contributed by atoms with E-state index in [9.17, 15) is 0 Å². The predicted octanol–water partition coefficient (Wildman–Crippen LogP) is 3.65. The standard InChI is InChI=1S/C15H11N3OS/c16-7-8-20-10-14-17-15(18-19-14)13-6-5-11-3-1-2-4-12(11)9-13/h1-6,9H,8,10H2. The molecule has 1 heterocycles. The van der Waals surface area contributed by atoms with Crippen LogP contribution in [-0.4, -0.2) is 15.9 Å². The van der Waals surface area contributed by atoms with Crippen molar-refractivity contribution in [3.8, 4) is 17.5 Å². The van der Waals surface area contributed by atoms with Gasteiger partial charge in [0.15, 0.2) is 0 Å².